The van der Waals surface area contributed by atoms with E-state index < -0.39 is 23.6 Å². The Morgan fingerprint density at radius 2 is 1.97 bits per heavy atom. The van der Waals surface area contributed by atoms with Crippen molar-refractivity contribution in [3.8, 4) is 0 Å². The van der Waals surface area contributed by atoms with Gasteiger partial charge in [0, 0.05) is 24.3 Å². The second-order valence-electron chi connectivity index (χ2n) is 9.20. The highest BCUT2D eigenvalue weighted by Gasteiger charge is 2.52. The number of alkyl halides is 2. The van der Waals surface area contributed by atoms with Crippen molar-refractivity contribution in [1.29, 1.82) is 0 Å². The zero-order chi connectivity index (χ0) is 25.4. The molecule has 0 saturated heterocycles. The highest BCUT2D eigenvalue weighted by Crippen LogP contribution is 2.46. The van der Waals surface area contributed by atoms with Crippen LogP contribution in [0.15, 0.2) is 54.0 Å². The number of amides is 2. The third-order valence-electron chi connectivity index (χ3n) is 6.98. The number of hydrogen-bond acceptors (Lipinski definition) is 5. The number of halogens is 3. The largest absolute Gasteiger partial charge is 0.371 e. The number of aromatic nitrogens is 1. The highest BCUT2D eigenvalue weighted by atomic mass is 35.5. The first-order valence-electron chi connectivity index (χ1n) is 11.7. The number of hydrogen-bond donors (Lipinski definition) is 2. The van der Waals surface area contributed by atoms with Crippen LogP contribution >= 0.6 is 22.9 Å². The molecule has 1 aromatic carbocycles. The molecule has 1 aliphatic heterocycles. The van der Waals surface area contributed by atoms with Crippen molar-refractivity contribution in [3.05, 3.63) is 80.8 Å². The lowest BCUT2D eigenvalue weighted by Gasteiger charge is -2.32. The molecule has 1 saturated carbocycles. The zero-order valence-electron chi connectivity index (χ0n) is 19.2. The first-order valence-corrected chi connectivity index (χ1v) is 13.0. The smallest absolute Gasteiger partial charge is 0.281 e. The van der Waals surface area contributed by atoms with Crippen LogP contribution < -0.4 is 10.2 Å². The molecule has 2 aliphatic rings. The number of benzene rings is 1. The van der Waals surface area contributed by atoms with Gasteiger partial charge in [-0.15, -0.1) is 11.3 Å². The van der Waals surface area contributed by atoms with E-state index in [0.29, 0.717) is 35.5 Å². The summed E-state index contributed by atoms with van der Waals surface area (Å²) < 4.78 is 26.6. The van der Waals surface area contributed by atoms with E-state index in [-0.39, 0.29) is 28.5 Å². The van der Waals surface area contributed by atoms with Gasteiger partial charge in [0.1, 0.15) is 5.69 Å². The summed E-state index contributed by atoms with van der Waals surface area (Å²) in [5.74, 6) is -0.798. The Morgan fingerprint density at radius 3 is 2.67 bits per heavy atom. The topological polar surface area (TPSA) is 82.5 Å². The lowest BCUT2D eigenvalue weighted by molar-refractivity contribution is -0.132. The lowest BCUT2D eigenvalue weighted by atomic mass is 9.85. The SMILES string of the molecule is O=C(N[C@H]1CC[C@H](CN2C(=O)C(O)(c3cccs3)c3ccccc32)CC1)c1cc(Cl)cnc1C(F)F. The monoisotopic (exact) mass is 531 g/mol. The number of fused-ring (bicyclic) bond motifs is 1. The minimum absolute atomic E-state index is 0.117. The fourth-order valence-corrected chi connectivity index (χ4v) is 6.14. The summed E-state index contributed by atoms with van der Waals surface area (Å²) in [5, 5.41) is 16.3. The van der Waals surface area contributed by atoms with E-state index in [9.17, 15) is 23.5 Å². The van der Waals surface area contributed by atoms with Gasteiger partial charge in [0.25, 0.3) is 18.2 Å². The van der Waals surface area contributed by atoms with Crippen molar-refractivity contribution in [3.63, 3.8) is 0 Å². The Labute approximate surface area is 215 Å². The standard InChI is InChI=1S/C26H24ClF2N3O3S/c27-16-12-18(22(23(28)29)30-13-16)24(33)31-17-9-7-15(8-10-17)14-32-20-5-2-1-4-19(20)26(35,25(32)34)21-6-3-11-36-21/h1-6,11-13,15,17,23,35H,7-10,14H2,(H,31,33)/t15-,17-,26?. The molecule has 188 valence electrons. The molecule has 0 spiro atoms. The molecule has 0 bridgehead atoms. The first-order chi connectivity index (χ1) is 17.3. The van der Waals surface area contributed by atoms with Crippen molar-refractivity contribution >= 4 is 40.4 Å². The van der Waals surface area contributed by atoms with E-state index in [2.05, 4.69) is 10.3 Å². The molecule has 0 radical (unpaired) electrons. The van der Waals surface area contributed by atoms with E-state index in [1.807, 2.05) is 29.6 Å². The van der Waals surface area contributed by atoms with Crippen molar-refractivity contribution < 1.29 is 23.5 Å². The molecule has 3 heterocycles. The average Bonchev–Trinajstić information content (AvgIpc) is 3.49. The van der Waals surface area contributed by atoms with Gasteiger partial charge in [-0.1, -0.05) is 35.9 Å². The normalized spacial score (nSPS) is 23.7. The number of carbonyl (C=O) groups excluding carboxylic acids is 2. The molecule has 6 nitrogen and oxygen atoms in total. The Kier molecular flexibility index (Phi) is 6.80. The van der Waals surface area contributed by atoms with Crippen molar-refractivity contribution in [1.82, 2.24) is 10.3 Å². The van der Waals surface area contributed by atoms with Gasteiger partial charge >= 0.3 is 0 Å². The van der Waals surface area contributed by atoms with E-state index in [1.165, 1.54) is 17.4 Å². The summed E-state index contributed by atoms with van der Waals surface area (Å²) in [6, 6.07) is 11.9. The summed E-state index contributed by atoms with van der Waals surface area (Å²) in [4.78, 5) is 32.1. The Morgan fingerprint density at radius 1 is 1.22 bits per heavy atom. The number of carbonyl (C=O) groups is 2. The quantitative estimate of drug-likeness (QED) is 0.452. The summed E-state index contributed by atoms with van der Waals surface area (Å²) >= 11 is 7.22. The van der Waals surface area contributed by atoms with Crippen LogP contribution in [0.3, 0.4) is 0 Å². The maximum Gasteiger partial charge on any atom is 0.281 e. The molecule has 1 unspecified atom stereocenters. The number of thiophene rings is 1. The number of nitrogens with zero attached hydrogens (tertiary/aromatic N) is 2. The molecule has 5 rings (SSSR count). The number of aliphatic hydroxyl groups is 1. The predicted molar refractivity (Wildman–Crippen MR) is 134 cm³/mol. The molecular formula is C26H24ClF2N3O3S. The summed E-state index contributed by atoms with van der Waals surface area (Å²) in [6.07, 6.45) is 0.990. The van der Waals surface area contributed by atoms with Gasteiger partial charge in [0.2, 0.25) is 5.60 Å². The molecule has 2 amide bonds. The molecule has 2 aromatic heterocycles. The van der Waals surface area contributed by atoms with Crippen molar-refractivity contribution in [2.24, 2.45) is 5.92 Å². The maximum atomic E-state index is 13.5. The van der Waals surface area contributed by atoms with Crippen LogP contribution in [-0.4, -0.2) is 34.5 Å². The van der Waals surface area contributed by atoms with Gasteiger partial charge < -0.3 is 15.3 Å². The minimum atomic E-state index is -2.88. The Hall–Kier alpha value is -2.88. The fourth-order valence-electron chi connectivity index (χ4n) is 5.16. The van der Waals surface area contributed by atoms with Crippen LogP contribution in [-0.2, 0) is 10.4 Å². The van der Waals surface area contributed by atoms with Crippen molar-refractivity contribution in [2.45, 2.75) is 43.8 Å². The van der Waals surface area contributed by atoms with Gasteiger partial charge in [0.05, 0.1) is 21.2 Å². The third kappa shape index (κ3) is 4.40. The van der Waals surface area contributed by atoms with Crippen LogP contribution in [0.5, 0.6) is 0 Å². The number of rotatable bonds is 6. The third-order valence-corrected chi connectivity index (χ3v) is 8.16. The second kappa shape index (κ2) is 9.88. The van der Waals surface area contributed by atoms with Crippen LogP contribution in [0.25, 0.3) is 0 Å². The van der Waals surface area contributed by atoms with E-state index in [0.717, 1.165) is 19.0 Å². The average molecular weight is 532 g/mol. The van der Waals surface area contributed by atoms with Gasteiger partial charge in [-0.2, -0.15) is 0 Å². The molecule has 10 heteroatoms. The number of nitrogens with one attached hydrogen (secondary N) is 1. The first kappa shape index (κ1) is 24.8. The molecule has 3 aromatic rings. The predicted octanol–water partition coefficient (Wildman–Crippen LogP) is 5.31. The highest BCUT2D eigenvalue weighted by molar-refractivity contribution is 7.10. The summed E-state index contributed by atoms with van der Waals surface area (Å²) in [7, 11) is 0. The van der Waals surface area contributed by atoms with Crippen LogP contribution in [0, 0.1) is 5.92 Å². The summed E-state index contributed by atoms with van der Waals surface area (Å²) in [6.45, 7) is 0.456. The lowest BCUT2D eigenvalue weighted by Crippen LogP contribution is -2.44. The molecular weight excluding hydrogens is 508 g/mol. The number of anilines is 1. The molecule has 1 fully saturated rings. The Balaban J connectivity index is 1.25. The van der Waals surface area contributed by atoms with Gasteiger partial charge in [-0.25, -0.2) is 8.78 Å². The van der Waals surface area contributed by atoms with E-state index in [1.54, 1.807) is 17.0 Å². The van der Waals surface area contributed by atoms with Gasteiger partial charge in [-0.05, 0) is 55.2 Å². The van der Waals surface area contributed by atoms with Crippen LogP contribution in [0.2, 0.25) is 5.02 Å². The number of pyridine rings is 1. The number of para-hydroxylation sites is 1. The minimum Gasteiger partial charge on any atom is -0.371 e. The Bertz CT molecular complexity index is 1280. The van der Waals surface area contributed by atoms with Gasteiger partial charge in [0.15, 0.2) is 0 Å². The second-order valence-corrected chi connectivity index (χ2v) is 10.6. The van der Waals surface area contributed by atoms with Crippen LogP contribution in [0.1, 0.15) is 58.6 Å². The van der Waals surface area contributed by atoms with E-state index in [4.69, 9.17) is 11.6 Å². The summed E-state index contributed by atoms with van der Waals surface area (Å²) in [5.41, 5.74) is -1.20. The van der Waals surface area contributed by atoms with Gasteiger partial charge in [-0.3, -0.25) is 14.6 Å². The van der Waals surface area contributed by atoms with Crippen molar-refractivity contribution in [2.75, 3.05) is 11.4 Å². The maximum absolute atomic E-state index is 13.5. The van der Waals surface area contributed by atoms with Crippen LogP contribution in [0.4, 0.5) is 14.5 Å². The molecule has 1 aliphatic carbocycles. The fraction of sp³-hybridized carbons (Fsp3) is 0.346. The molecule has 36 heavy (non-hydrogen) atoms. The van der Waals surface area contributed by atoms with E-state index >= 15 is 0 Å². The zero-order valence-corrected chi connectivity index (χ0v) is 20.7. The molecule has 2 N–H and O–H groups in total. The molecule has 1 atom stereocenters.